The molecule has 1 aromatic heterocycles. The van der Waals surface area contributed by atoms with Gasteiger partial charge in [-0.05, 0) is 26.2 Å². The fourth-order valence-electron chi connectivity index (χ4n) is 1.95. The van der Waals surface area contributed by atoms with Gasteiger partial charge in [0.05, 0.1) is 23.5 Å². The van der Waals surface area contributed by atoms with Gasteiger partial charge in [0, 0.05) is 17.2 Å². The molecular weight excluding hydrogens is 306 g/mol. The highest BCUT2D eigenvalue weighted by Gasteiger charge is 2.18. The molecule has 0 saturated carbocycles. The zero-order valence-electron chi connectivity index (χ0n) is 12.2. The number of hydrogen-bond acceptors (Lipinski definition) is 4. The van der Waals surface area contributed by atoms with Gasteiger partial charge < -0.3 is 10.0 Å². The molecule has 0 saturated heterocycles. The van der Waals surface area contributed by atoms with Gasteiger partial charge in [-0.25, -0.2) is 0 Å². The van der Waals surface area contributed by atoms with E-state index in [-0.39, 0.29) is 0 Å². The van der Waals surface area contributed by atoms with E-state index >= 15 is 0 Å². The summed E-state index contributed by atoms with van der Waals surface area (Å²) in [7, 11) is 4.01. The van der Waals surface area contributed by atoms with Crippen LogP contribution in [-0.2, 0) is 6.54 Å². The van der Waals surface area contributed by atoms with Crippen molar-refractivity contribution in [2.24, 2.45) is 0 Å². The average molecular weight is 326 g/mol. The number of aromatic nitrogens is 2. The predicted octanol–water partition coefficient (Wildman–Crippen LogP) is 2.92. The fraction of sp³-hybridized carbons (Fsp3) is 0.400. The summed E-state index contributed by atoms with van der Waals surface area (Å²) in [4.78, 5) is 3.21. The van der Waals surface area contributed by atoms with Crippen molar-refractivity contribution in [3.8, 4) is 0 Å². The number of benzene rings is 1. The maximum absolute atomic E-state index is 10.4. The Morgan fingerprint density at radius 3 is 2.71 bits per heavy atom. The Bertz CT molecular complexity index is 559. The lowest BCUT2D eigenvalue weighted by Crippen LogP contribution is -2.21. The van der Waals surface area contributed by atoms with Crippen LogP contribution in [0.5, 0.6) is 0 Å². The first-order chi connectivity index (χ1) is 10.1. The van der Waals surface area contributed by atoms with Gasteiger partial charge in [0.15, 0.2) is 0 Å². The second-order valence-corrected chi connectivity index (χ2v) is 6.54. The van der Waals surface area contributed by atoms with Crippen molar-refractivity contribution in [2.45, 2.75) is 17.5 Å². The Morgan fingerprint density at radius 1 is 1.33 bits per heavy atom. The summed E-state index contributed by atoms with van der Waals surface area (Å²) in [6.45, 7) is 1.56. The Hall–Kier alpha value is -1.01. The van der Waals surface area contributed by atoms with Crippen LogP contribution in [0.4, 0.5) is 0 Å². The highest BCUT2D eigenvalue weighted by Crippen LogP contribution is 2.28. The van der Waals surface area contributed by atoms with Gasteiger partial charge in [-0.2, -0.15) is 5.10 Å². The molecule has 0 bridgehead atoms. The summed E-state index contributed by atoms with van der Waals surface area (Å²) in [5.74, 6) is 0.553. The minimum atomic E-state index is -0.632. The molecule has 21 heavy (non-hydrogen) atoms. The summed E-state index contributed by atoms with van der Waals surface area (Å²) in [5, 5.41) is 15.2. The maximum Gasteiger partial charge on any atom is 0.106 e. The van der Waals surface area contributed by atoms with Gasteiger partial charge in [-0.15, -0.1) is 11.8 Å². The molecule has 0 aliphatic rings. The largest absolute Gasteiger partial charge is 0.386 e. The number of nitrogens with zero attached hydrogens (tertiary/aromatic N) is 3. The molecule has 0 spiro atoms. The maximum atomic E-state index is 10.4. The highest BCUT2D eigenvalue weighted by molar-refractivity contribution is 7.99. The number of rotatable bonds is 7. The summed E-state index contributed by atoms with van der Waals surface area (Å²) in [6, 6.07) is 10.0. The van der Waals surface area contributed by atoms with Crippen LogP contribution in [-0.4, -0.2) is 46.2 Å². The number of likely N-dealkylation sites (N-methyl/N-ethyl adjacent to an activating group) is 1. The lowest BCUT2D eigenvalue weighted by molar-refractivity contribution is 0.190. The molecule has 0 aliphatic heterocycles. The van der Waals surface area contributed by atoms with Crippen molar-refractivity contribution in [2.75, 3.05) is 26.4 Å². The summed E-state index contributed by atoms with van der Waals surface area (Å²) >= 11 is 7.78. The van der Waals surface area contributed by atoms with Gasteiger partial charge in [0.1, 0.15) is 6.10 Å². The van der Waals surface area contributed by atoms with Crippen LogP contribution < -0.4 is 0 Å². The highest BCUT2D eigenvalue weighted by atomic mass is 35.5. The van der Waals surface area contributed by atoms with Gasteiger partial charge in [-0.1, -0.05) is 29.8 Å². The fourth-order valence-corrected chi connectivity index (χ4v) is 3.07. The molecule has 0 radical (unpaired) electrons. The Morgan fingerprint density at radius 2 is 2.05 bits per heavy atom. The average Bonchev–Trinajstić information content (AvgIpc) is 2.85. The Balaban J connectivity index is 2.01. The number of aliphatic hydroxyl groups excluding tert-OH is 1. The smallest absolute Gasteiger partial charge is 0.106 e. The van der Waals surface area contributed by atoms with Crippen LogP contribution >= 0.6 is 23.4 Å². The number of halogens is 1. The molecule has 1 aromatic carbocycles. The van der Waals surface area contributed by atoms with E-state index < -0.39 is 6.10 Å². The van der Waals surface area contributed by atoms with Gasteiger partial charge >= 0.3 is 0 Å². The Kier molecular flexibility index (Phi) is 6.11. The van der Waals surface area contributed by atoms with Crippen LogP contribution in [0.25, 0.3) is 0 Å². The normalized spacial score (nSPS) is 12.8. The number of thioether (sulfide) groups is 1. The first-order valence-electron chi connectivity index (χ1n) is 6.79. The molecule has 1 atom stereocenters. The minimum absolute atomic E-state index is 0.523. The van der Waals surface area contributed by atoms with Crippen molar-refractivity contribution in [1.29, 1.82) is 0 Å². The molecule has 1 unspecified atom stereocenters. The van der Waals surface area contributed by atoms with E-state index in [1.54, 1.807) is 22.6 Å². The Labute approximate surface area is 134 Å². The lowest BCUT2D eigenvalue weighted by Gasteiger charge is -2.16. The number of hydrogen-bond donors (Lipinski definition) is 1. The van der Waals surface area contributed by atoms with E-state index in [0.717, 1.165) is 11.4 Å². The second kappa shape index (κ2) is 7.84. The van der Waals surface area contributed by atoms with E-state index in [4.69, 9.17) is 11.6 Å². The van der Waals surface area contributed by atoms with Crippen molar-refractivity contribution in [3.63, 3.8) is 0 Å². The molecule has 1 heterocycles. The molecule has 0 aliphatic carbocycles. The van der Waals surface area contributed by atoms with Crippen LogP contribution in [0.2, 0.25) is 5.02 Å². The molecule has 1 N–H and O–H groups in total. The van der Waals surface area contributed by atoms with Crippen molar-refractivity contribution < 1.29 is 5.11 Å². The van der Waals surface area contributed by atoms with Crippen LogP contribution in [0.3, 0.4) is 0 Å². The predicted molar refractivity (Wildman–Crippen MR) is 87.9 cm³/mol. The van der Waals surface area contributed by atoms with Crippen LogP contribution in [0.15, 0.2) is 41.4 Å². The topological polar surface area (TPSA) is 41.3 Å². The molecule has 0 amide bonds. The third-order valence-corrected chi connectivity index (χ3v) is 4.44. The lowest BCUT2D eigenvalue weighted by atomic mass is 10.3. The molecule has 6 heteroatoms. The molecule has 0 fully saturated rings. The molecule has 2 rings (SSSR count). The van der Waals surface area contributed by atoms with Gasteiger partial charge in [0.2, 0.25) is 0 Å². The molecule has 2 aromatic rings. The molecule has 4 nitrogen and oxygen atoms in total. The monoisotopic (exact) mass is 325 g/mol. The number of aliphatic hydroxyl groups is 1. The van der Waals surface area contributed by atoms with Gasteiger partial charge in [-0.3, -0.25) is 4.68 Å². The van der Waals surface area contributed by atoms with Crippen LogP contribution in [0, 0.1) is 0 Å². The first-order valence-corrected chi connectivity index (χ1v) is 8.16. The van der Waals surface area contributed by atoms with E-state index in [1.807, 2.05) is 44.4 Å². The van der Waals surface area contributed by atoms with E-state index in [1.165, 1.54) is 0 Å². The SMILES string of the molecule is CN(C)CCn1ncc(Cl)c1C(O)CSc1ccccc1. The molecular formula is C15H20ClN3OS. The molecule has 114 valence electrons. The zero-order chi connectivity index (χ0) is 15.2. The van der Waals surface area contributed by atoms with E-state index in [2.05, 4.69) is 10.00 Å². The van der Waals surface area contributed by atoms with Crippen molar-refractivity contribution >= 4 is 23.4 Å². The quantitative estimate of drug-likeness (QED) is 0.795. The van der Waals surface area contributed by atoms with Gasteiger partial charge in [0.25, 0.3) is 0 Å². The zero-order valence-corrected chi connectivity index (χ0v) is 13.8. The first kappa shape index (κ1) is 16.4. The van der Waals surface area contributed by atoms with Crippen molar-refractivity contribution in [1.82, 2.24) is 14.7 Å². The summed E-state index contributed by atoms with van der Waals surface area (Å²) in [6.07, 6.45) is 0.968. The second-order valence-electron chi connectivity index (χ2n) is 5.04. The van der Waals surface area contributed by atoms with E-state index in [0.29, 0.717) is 23.0 Å². The van der Waals surface area contributed by atoms with Crippen molar-refractivity contribution in [3.05, 3.63) is 47.2 Å². The van der Waals surface area contributed by atoms with Crippen LogP contribution in [0.1, 0.15) is 11.8 Å². The summed E-state index contributed by atoms with van der Waals surface area (Å²) < 4.78 is 1.79. The third-order valence-electron chi connectivity index (χ3n) is 3.06. The minimum Gasteiger partial charge on any atom is -0.386 e. The third kappa shape index (κ3) is 4.74. The standard InChI is InChI=1S/C15H20ClN3OS/c1-18(2)8-9-19-15(13(16)10-17-19)14(20)11-21-12-6-4-3-5-7-12/h3-7,10,14,20H,8-9,11H2,1-2H3. The van der Waals surface area contributed by atoms with E-state index in [9.17, 15) is 5.11 Å². The summed E-state index contributed by atoms with van der Waals surface area (Å²) in [5.41, 5.74) is 0.696.